The Labute approximate surface area is 168 Å². The molecule has 142 valence electrons. The zero-order valence-electron chi connectivity index (χ0n) is 14.6. The number of benzene rings is 2. The molecule has 1 N–H and O–H groups in total. The number of rotatable bonds is 5. The first-order valence-electron chi connectivity index (χ1n) is 8.25. The number of nitrogens with zero attached hydrogens (tertiary/aromatic N) is 3. The Morgan fingerprint density at radius 3 is 2.75 bits per heavy atom. The number of fused-ring (bicyclic) bond motifs is 1. The van der Waals surface area contributed by atoms with Gasteiger partial charge in [0, 0.05) is 16.3 Å². The highest BCUT2D eigenvalue weighted by atomic mass is 35.5. The molecular weight excluding hydrogens is 403 g/mol. The van der Waals surface area contributed by atoms with Crippen molar-refractivity contribution in [3.05, 3.63) is 75.4 Å². The fraction of sp³-hybridized carbons (Fsp3) is 0.105. The maximum atomic E-state index is 14.0. The summed E-state index contributed by atoms with van der Waals surface area (Å²) >= 11 is 7.26. The van der Waals surface area contributed by atoms with Gasteiger partial charge in [-0.2, -0.15) is 5.10 Å². The van der Waals surface area contributed by atoms with E-state index >= 15 is 0 Å². The van der Waals surface area contributed by atoms with Crippen molar-refractivity contribution in [2.24, 2.45) is 0 Å². The third-order valence-electron chi connectivity index (χ3n) is 4.15. The Bertz CT molecular complexity index is 1190. The summed E-state index contributed by atoms with van der Waals surface area (Å²) in [5.74, 6) is 0.548. The molecule has 4 aromatic rings. The van der Waals surface area contributed by atoms with E-state index in [-0.39, 0.29) is 11.3 Å². The van der Waals surface area contributed by atoms with E-state index in [2.05, 4.69) is 15.1 Å². The van der Waals surface area contributed by atoms with Crippen LogP contribution in [-0.2, 0) is 5.75 Å². The lowest BCUT2D eigenvalue weighted by Gasteiger charge is -2.07. The van der Waals surface area contributed by atoms with Crippen LogP contribution in [0.3, 0.4) is 0 Å². The van der Waals surface area contributed by atoms with Crippen LogP contribution in [0.1, 0.15) is 5.56 Å². The maximum Gasteiger partial charge on any atom is 0.262 e. The number of H-pyrrole nitrogens is 1. The van der Waals surface area contributed by atoms with Crippen LogP contribution in [0.4, 0.5) is 4.39 Å². The summed E-state index contributed by atoms with van der Waals surface area (Å²) in [6.07, 6.45) is 1.47. The van der Waals surface area contributed by atoms with Crippen LogP contribution in [0.15, 0.2) is 58.6 Å². The van der Waals surface area contributed by atoms with Gasteiger partial charge in [-0.25, -0.2) is 14.1 Å². The molecule has 0 amide bonds. The van der Waals surface area contributed by atoms with Crippen LogP contribution in [-0.4, -0.2) is 26.9 Å². The highest BCUT2D eigenvalue weighted by molar-refractivity contribution is 7.98. The number of methoxy groups -OCH3 is 1. The molecule has 0 aliphatic rings. The first kappa shape index (κ1) is 18.5. The monoisotopic (exact) mass is 416 g/mol. The summed E-state index contributed by atoms with van der Waals surface area (Å²) in [5, 5.41) is 5.32. The second-order valence-corrected chi connectivity index (χ2v) is 7.22. The third kappa shape index (κ3) is 3.48. The molecule has 0 aliphatic carbocycles. The van der Waals surface area contributed by atoms with Crippen molar-refractivity contribution in [1.82, 2.24) is 19.7 Å². The maximum absolute atomic E-state index is 14.0. The largest absolute Gasteiger partial charge is 0.497 e. The van der Waals surface area contributed by atoms with E-state index < -0.39 is 5.82 Å². The summed E-state index contributed by atoms with van der Waals surface area (Å²) in [5.41, 5.74) is 1.20. The van der Waals surface area contributed by atoms with Gasteiger partial charge in [-0.1, -0.05) is 29.4 Å². The van der Waals surface area contributed by atoms with Crippen LogP contribution in [0.5, 0.6) is 5.75 Å². The lowest BCUT2D eigenvalue weighted by Crippen LogP contribution is -2.10. The van der Waals surface area contributed by atoms with E-state index in [4.69, 9.17) is 16.3 Å². The summed E-state index contributed by atoms with van der Waals surface area (Å²) in [4.78, 5) is 19.6. The molecule has 0 aliphatic heterocycles. The topological polar surface area (TPSA) is 72.8 Å². The lowest BCUT2D eigenvalue weighted by atomic mass is 10.2. The van der Waals surface area contributed by atoms with Crippen molar-refractivity contribution >= 4 is 34.4 Å². The van der Waals surface area contributed by atoms with Gasteiger partial charge in [-0.15, -0.1) is 0 Å². The quantitative estimate of drug-likeness (QED) is 0.390. The molecule has 2 aromatic carbocycles. The fourth-order valence-corrected chi connectivity index (χ4v) is 3.89. The van der Waals surface area contributed by atoms with E-state index in [0.717, 1.165) is 5.69 Å². The minimum absolute atomic E-state index is 0.233. The van der Waals surface area contributed by atoms with Crippen LogP contribution in [0.25, 0.3) is 16.7 Å². The fourth-order valence-electron chi connectivity index (χ4n) is 2.69. The molecule has 0 radical (unpaired) electrons. The van der Waals surface area contributed by atoms with Crippen molar-refractivity contribution in [2.45, 2.75) is 10.9 Å². The number of ether oxygens (including phenoxy) is 1. The molecule has 0 unspecified atom stereocenters. The SMILES string of the molecule is COc1ccc(-n2ncc3c(=O)[nH]c(SCc4c(F)cccc4Cl)nc32)cc1. The predicted molar refractivity (Wildman–Crippen MR) is 107 cm³/mol. The Morgan fingerprint density at radius 1 is 1.25 bits per heavy atom. The average molecular weight is 417 g/mol. The molecule has 2 heterocycles. The first-order valence-corrected chi connectivity index (χ1v) is 9.61. The van der Waals surface area contributed by atoms with Crippen LogP contribution >= 0.6 is 23.4 Å². The third-order valence-corrected chi connectivity index (χ3v) is 5.40. The lowest BCUT2D eigenvalue weighted by molar-refractivity contribution is 0.414. The smallest absolute Gasteiger partial charge is 0.262 e. The minimum Gasteiger partial charge on any atom is -0.497 e. The van der Waals surface area contributed by atoms with E-state index in [1.165, 1.54) is 24.0 Å². The Balaban J connectivity index is 1.69. The van der Waals surface area contributed by atoms with Crippen molar-refractivity contribution < 1.29 is 9.13 Å². The van der Waals surface area contributed by atoms with Crippen molar-refractivity contribution in [3.63, 3.8) is 0 Å². The first-order chi connectivity index (χ1) is 13.6. The number of hydrogen-bond acceptors (Lipinski definition) is 5. The van der Waals surface area contributed by atoms with Gasteiger partial charge in [0.1, 0.15) is 17.0 Å². The molecule has 0 bridgehead atoms. The average Bonchev–Trinajstić information content (AvgIpc) is 3.12. The highest BCUT2D eigenvalue weighted by Crippen LogP contribution is 2.27. The van der Waals surface area contributed by atoms with E-state index in [1.54, 1.807) is 36.1 Å². The second kappa shape index (κ2) is 7.65. The number of thioether (sulfide) groups is 1. The number of aromatic amines is 1. The van der Waals surface area contributed by atoms with Crippen LogP contribution in [0.2, 0.25) is 5.02 Å². The second-order valence-electron chi connectivity index (χ2n) is 5.85. The summed E-state index contributed by atoms with van der Waals surface area (Å²) in [6, 6.07) is 11.8. The van der Waals surface area contributed by atoms with Crippen molar-refractivity contribution in [1.29, 1.82) is 0 Å². The van der Waals surface area contributed by atoms with Gasteiger partial charge in [-0.3, -0.25) is 4.79 Å². The zero-order valence-corrected chi connectivity index (χ0v) is 16.2. The molecule has 2 aromatic heterocycles. The van der Waals surface area contributed by atoms with Gasteiger partial charge < -0.3 is 9.72 Å². The zero-order chi connectivity index (χ0) is 19.7. The highest BCUT2D eigenvalue weighted by Gasteiger charge is 2.14. The molecule has 4 rings (SSSR count). The van der Waals surface area contributed by atoms with Crippen LogP contribution in [0, 0.1) is 5.82 Å². The molecule has 0 saturated carbocycles. The molecule has 0 saturated heterocycles. The Morgan fingerprint density at radius 2 is 2.04 bits per heavy atom. The molecule has 0 fully saturated rings. The normalized spacial score (nSPS) is 11.1. The van der Waals surface area contributed by atoms with Gasteiger partial charge in [0.15, 0.2) is 10.8 Å². The molecule has 28 heavy (non-hydrogen) atoms. The molecule has 0 atom stereocenters. The predicted octanol–water partition coefficient (Wildman–Crippen LogP) is 4.20. The van der Waals surface area contributed by atoms with E-state index in [9.17, 15) is 9.18 Å². The van der Waals surface area contributed by atoms with Gasteiger partial charge in [0.2, 0.25) is 0 Å². The minimum atomic E-state index is -0.397. The summed E-state index contributed by atoms with van der Waals surface area (Å²) in [7, 11) is 1.59. The Hall–Kier alpha value is -2.84. The standard InChI is InChI=1S/C19H14ClFN4O2S/c1-27-12-7-5-11(6-8-12)25-17-13(9-22-25)18(26)24-19(23-17)28-10-14-15(20)3-2-4-16(14)21/h2-9H,10H2,1H3,(H,23,24,26). The molecular formula is C19H14ClFN4O2S. The Kier molecular flexibility index (Phi) is 5.06. The molecule has 9 heteroatoms. The van der Waals surface area contributed by atoms with Crippen molar-refractivity contribution in [3.8, 4) is 11.4 Å². The van der Waals surface area contributed by atoms with Gasteiger partial charge in [-0.05, 0) is 36.4 Å². The van der Waals surface area contributed by atoms with E-state index in [1.807, 2.05) is 12.1 Å². The molecule has 0 spiro atoms. The van der Waals surface area contributed by atoms with Crippen molar-refractivity contribution in [2.75, 3.05) is 7.11 Å². The number of nitrogens with one attached hydrogen (secondary N) is 1. The van der Waals surface area contributed by atoms with E-state index in [0.29, 0.717) is 32.5 Å². The number of aromatic nitrogens is 4. The van der Waals surface area contributed by atoms with Crippen LogP contribution < -0.4 is 10.3 Å². The van der Waals surface area contributed by atoms with Gasteiger partial charge in [0.05, 0.1) is 19.0 Å². The molecule has 6 nitrogen and oxygen atoms in total. The number of hydrogen-bond donors (Lipinski definition) is 1. The summed E-state index contributed by atoms with van der Waals surface area (Å²) < 4.78 is 20.7. The number of halogens is 2. The van der Waals surface area contributed by atoms with Gasteiger partial charge in [0.25, 0.3) is 5.56 Å². The van der Waals surface area contributed by atoms with Gasteiger partial charge >= 0.3 is 0 Å². The summed E-state index contributed by atoms with van der Waals surface area (Å²) in [6.45, 7) is 0.